The lowest BCUT2D eigenvalue weighted by Gasteiger charge is -2.21. The molecular formula is C22H27NO5. The van der Waals surface area contributed by atoms with Crippen LogP contribution in [-0.2, 0) is 14.3 Å². The zero-order valence-corrected chi connectivity index (χ0v) is 17.0. The van der Waals surface area contributed by atoms with Gasteiger partial charge in [-0.05, 0) is 30.9 Å². The van der Waals surface area contributed by atoms with Gasteiger partial charge in [0.25, 0.3) is 0 Å². The van der Waals surface area contributed by atoms with Gasteiger partial charge in [0.1, 0.15) is 0 Å². The van der Waals surface area contributed by atoms with E-state index in [2.05, 4.69) is 4.98 Å². The molecule has 150 valence electrons. The van der Waals surface area contributed by atoms with Crippen molar-refractivity contribution in [2.45, 2.75) is 40.0 Å². The van der Waals surface area contributed by atoms with Crippen LogP contribution in [0.5, 0.6) is 0 Å². The number of esters is 2. The van der Waals surface area contributed by atoms with Gasteiger partial charge in [0.15, 0.2) is 6.61 Å². The molecule has 0 aliphatic heterocycles. The highest BCUT2D eigenvalue weighted by atomic mass is 16.5. The van der Waals surface area contributed by atoms with Crippen molar-refractivity contribution in [3.05, 3.63) is 58.4 Å². The molecule has 0 spiro atoms. The molecule has 0 aliphatic rings. The normalized spacial score (nSPS) is 12.9. The number of methoxy groups -OCH3 is 1. The number of carbonyl (C=O) groups is 3. The summed E-state index contributed by atoms with van der Waals surface area (Å²) < 4.78 is 10.1. The van der Waals surface area contributed by atoms with Gasteiger partial charge in [-0.25, -0.2) is 4.79 Å². The van der Waals surface area contributed by atoms with Crippen LogP contribution >= 0.6 is 0 Å². The highest BCUT2D eigenvalue weighted by molar-refractivity contribution is 6.02. The number of carbonyl (C=O) groups excluding carboxylic acids is 3. The van der Waals surface area contributed by atoms with E-state index in [4.69, 9.17) is 9.47 Å². The van der Waals surface area contributed by atoms with E-state index in [1.807, 2.05) is 44.2 Å². The molecule has 6 nitrogen and oxygen atoms in total. The molecule has 0 saturated carbocycles. The maximum absolute atomic E-state index is 12.7. The molecule has 0 bridgehead atoms. The molecule has 1 aromatic heterocycles. The van der Waals surface area contributed by atoms with E-state index in [0.717, 1.165) is 12.0 Å². The van der Waals surface area contributed by atoms with Crippen LogP contribution in [0, 0.1) is 19.8 Å². The number of hydrogen-bond donors (Lipinski definition) is 1. The standard InChI is InChI=1S/C22H27NO5/c1-6-13(2)18(16-10-8-7-9-11-16)22(26)28-12-17(24)20-14(3)19(15(4)23-20)21(25)27-5/h7-11,13,18,23H,6,12H2,1-5H3. The molecule has 0 amide bonds. The van der Waals surface area contributed by atoms with Crippen LogP contribution in [-0.4, -0.2) is 36.4 Å². The smallest absolute Gasteiger partial charge is 0.339 e. The first-order chi connectivity index (χ1) is 13.3. The summed E-state index contributed by atoms with van der Waals surface area (Å²) in [7, 11) is 1.29. The summed E-state index contributed by atoms with van der Waals surface area (Å²) in [4.78, 5) is 40.1. The average molecular weight is 385 g/mol. The van der Waals surface area contributed by atoms with E-state index in [-0.39, 0.29) is 24.0 Å². The molecule has 2 unspecified atom stereocenters. The number of ether oxygens (including phenoxy) is 2. The number of Topliss-reactive ketones (excluding diaryl/α,β-unsaturated/α-hetero) is 1. The summed E-state index contributed by atoms with van der Waals surface area (Å²) in [5, 5.41) is 0. The maximum Gasteiger partial charge on any atom is 0.339 e. The number of rotatable bonds is 8. The lowest BCUT2D eigenvalue weighted by molar-refractivity contribution is -0.145. The number of benzene rings is 1. The predicted octanol–water partition coefficient (Wildman–Crippen LogP) is 3.97. The summed E-state index contributed by atoms with van der Waals surface area (Å²) in [5.41, 5.74) is 2.49. The first-order valence-electron chi connectivity index (χ1n) is 9.34. The van der Waals surface area contributed by atoms with Gasteiger partial charge in [0.2, 0.25) is 5.78 Å². The largest absolute Gasteiger partial charge is 0.465 e. The van der Waals surface area contributed by atoms with Crippen molar-refractivity contribution >= 4 is 17.7 Å². The fourth-order valence-corrected chi connectivity index (χ4v) is 3.33. The first-order valence-corrected chi connectivity index (χ1v) is 9.34. The van der Waals surface area contributed by atoms with Crippen molar-refractivity contribution < 1.29 is 23.9 Å². The average Bonchev–Trinajstić information content (AvgIpc) is 3.00. The lowest BCUT2D eigenvalue weighted by Crippen LogP contribution is -2.25. The third-order valence-electron chi connectivity index (χ3n) is 5.08. The number of aryl methyl sites for hydroxylation is 1. The zero-order valence-electron chi connectivity index (χ0n) is 17.0. The number of ketones is 1. The fraction of sp³-hybridized carbons (Fsp3) is 0.409. The van der Waals surface area contributed by atoms with Gasteiger partial charge in [-0.2, -0.15) is 0 Å². The Bertz CT molecular complexity index is 853. The minimum Gasteiger partial charge on any atom is -0.465 e. The second kappa shape index (κ2) is 9.35. The second-order valence-electron chi connectivity index (χ2n) is 6.92. The van der Waals surface area contributed by atoms with E-state index in [1.54, 1.807) is 13.8 Å². The summed E-state index contributed by atoms with van der Waals surface area (Å²) in [5.74, 6) is -1.69. The van der Waals surface area contributed by atoms with Crippen LogP contribution in [0.15, 0.2) is 30.3 Å². The van der Waals surface area contributed by atoms with Gasteiger partial charge in [-0.1, -0.05) is 50.6 Å². The molecule has 6 heteroatoms. The Morgan fingerprint density at radius 2 is 1.75 bits per heavy atom. The molecule has 28 heavy (non-hydrogen) atoms. The van der Waals surface area contributed by atoms with Crippen molar-refractivity contribution in [1.82, 2.24) is 4.98 Å². The monoisotopic (exact) mass is 385 g/mol. The molecule has 2 atom stereocenters. The van der Waals surface area contributed by atoms with Crippen molar-refractivity contribution in [2.75, 3.05) is 13.7 Å². The van der Waals surface area contributed by atoms with Crippen molar-refractivity contribution in [3.63, 3.8) is 0 Å². The minimum atomic E-state index is -0.511. The van der Waals surface area contributed by atoms with Crippen molar-refractivity contribution in [2.24, 2.45) is 5.92 Å². The summed E-state index contributed by atoms with van der Waals surface area (Å²) in [6.07, 6.45) is 0.806. The molecule has 0 saturated heterocycles. The van der Waals surface area contributed by atoms with Gasteiger partial charge < -0.3 is 14.5 Å². The minimum absolute atomic E-state index is 0.0744. The van der Waals surface area contributed by atoms with Crippen LogP contribution in [0.3, 0.4) is 0 Å². The summed E-state index contributed by atoms with van der Waals surface area (Å²) in [6.45, 7) is 6.97. The van der Waals surface area contributed by atoms with E-state index < -0.39 is 17.9 Å². The highest BCUT2D eigenvalue weighted by Gasteiger charge is 2.29. The number of H-pyrrole nitrogens is 1. The lowest BCUT2D eigenvalue weighted by atomic mass is 9.85. The second-order valence-corrected chi connectivity index (χ2v) is 6.92. The van der Waals surface area contributed by atoms with E-state index in [9.17, 15) is 14.4 Å². The maximum atomic E-state index is 12.7. The summed E-state index contributed by atoms with van der Waals surface area (Å²) in [6, 6.07) is 9.43. The van der Waals surface area contributed by atoms with Crippen LogP contribution in [0.4, 0.5) is 0 Å². The number of aromatic nitrogens is 1. The quantitative estimate of drug-likeness (QED) is 0.549. The molecule has 2 aromatic rings. The van der Waals surface area contributed by atoms with Crippen molar-refractivity contribution in [3.8, 4) is 0 Å². The van der Waals surface area contributed by atoms with Gasteiger partial charge >= 0.3 is 11.9 Å². The molecule has 2 rings (SSSR count). The SMILES string of the molecule is CCC(C)C(C(=O)OCC(=O)c1[nH]c(C)c(C(=O)OC)c1C)c1ccccc1. The molecule has 1 N–H and O–H groups in total. The third kappa shape index (κ3) is 4.50. The van der Waals surface area contributed by atoms with Crippen LogP contribution in [0.25, 0.3) is 0 Å². The fourth-order valence-electron chi connectivity index (χ4n) is 3.33. The Morgan fingerprint density at radius 3 is 2.32 bits per heavy atom. The van der Waals surface area contributed by atoms with E-state index in [1.165, 1.54) is 7.11 Å². The van der Waals surface area contributed by atoms with Crippen LogP contribution in [0.2, 0.25) is 0 Å². The Hall–Kier alpha value is -2.89. The Balaban J connectivity index is 2.15. The molecular weight excluding hydrogens is 358 g/mol. The number of nitrogens with one attached hydrogen (secondary N) is 1. The number of hydrogen-bond acceptors (Lipinski definition) is 5. The Labute approximate surface area is 165 Å². The molecule has 0 aliphatic carbocycles. The first kappa shape index (κ1) is 21.4. The van der Waals surface area contributed by atoms with Crippen LogP contribution in [0.1, 0.15) is 63.9 Å². The third-order valence-corrected chi connectivity index (χ3v) is 5.08. The Kier molecular flexibility index (Phi) is 7.15. The number of aromatic amines is 1. The van der Waals surface area contributed by atoms with Gasteiger partial charge in [0, 0.05) is 5.69 Å². The van der Waals surface area contributed by atoms with E-state index >= 15 is 0 Å². The van der Waals surface area contributed by atoms with Gasteiger partial charge in [-0.15, -0.1) is 0 Å². The zero-order chi connectivity index (χ0) is 20.8. The van der Waals surface area contributed by atoms with E-state index in [0.29, 0.717) is 16.8 Å². The molecule has 0 radical (unpaired) electrons. The highest BCUT2D eigenvalue weighted by Crippen LogP contribution is 2.28. The Morgan fingerprint density at radius 1 is 1.11 bits per heavy atom. The van der Waals surface area contributed by atoms with Gasteiger partial charge in [0.05, 0.1) is 24.3 Å². The molecule has 1 aromatic carbocycles. The molecule has 0 fully saturated rings. The molecule has 1 heterocycles. The van der Waals surface area contributed by atoms with Gasteiger partial charge in [-0.3, -0.25) is 9.59 Å². The topological polar surface area (TPSA) is 85.5 Å². The van der Waals surface area contributed by atoms with Crippen molar-refractivity contribution in [1.29, 1.82) is 0 Å². The summed E-state index contributed by atoms with van der Waals surface area (Å²) >= 11 is 0. The van der Waals surface area contributed by atoms with Crippen LogP contribution < -0.4 is 0 Å². The predicted molar refractivity (Wildman–Crippen MR) is 106 cm³/mol.